The molecule has 0 rings (SSSR count). The molecular weight excluding hydrogens is 220 g/mol. The predicted molar refractivity (Wildman–Crippen MR) is 80.9 cm³/mol. The van der Waals surface area contributed by atoms with Crippen LogP contribution in [-0.4, -0.2) is 6.29 Å². The molecule has 0 aliphatic rings. The third-order valence-electron chi connectivity index (χ3n) is 3.82. The van der Waals surface area contributed by atoms with Crippen molar-refractivity contribution in [2.24, 2.45) is 5.92 Å². The molecule has 0 aliphatic carbocycles. The summed E-state index contributed by atoms with van der Waals surface area (Å²) in [5.74, 6) is 0.814. The van der Waals surface area contributed by atoms with Crippen molar-refractivity contribution in [2.45, 2.75) is 97.3 Å². The van der Waals surface area contributed by atoms with Crippen LogP contribution >= 0.6 is 0 Å². The number of rotatable bonds is 14. The lowest BCUT2D eigenvalue weighted by Crippen LogP contribution is -1.95. The lowest BCUT2D eigenvalue weighted by Gasteiger charge is -2.09. The molecule has 0 spiro atoms. The highest BCUT2D eigenvalue weighted by Crippen LogP contribution is 2.17. The Morgan fingerprint density at radius 1 is 0.778 bits per heavy atom. The highest BCUT2D eigenvalue weighted by atomic mass is 16.1. The number of aldehydes is 1. The number of carbonyl (C=O) groups is 1. The van der Waals surface area contributed by atoms with E-state index in [0.29, 0.717) is 0 Å². The molecule has 1 unspecified atom stereocenters. The number of hydrogen-bond acceptors (Lipinski definition) is 1. The normalized spacial score (nSPS) is 12.6. The van der Waals surface area contributed by atoms with Crippen LogP contribution in [0.2, 0.25) is 0 Å². The van der Waals surface area contributed by atoms with Gasteiger partial charge < -0.3 is 4.79 Å². The van der Waals surface area contributed by atoms with E-state index in [9.17, 15) is 4.79 Å². The Morgan fingerprint density at radius 2 is 1.28 bits per heavy atom. The minimum absolute atomic E-state index is 0.752. The first kappa shape index (κ1) is 17.7. The van der Waals surface area contributed by atoms with Crippen LogP contribution in [0.1, 0.15) is 97.3 Å². The maximum atomic E-state index is 10.2. The van der Waals surface area contributed by atoms with Crippen molar-refractivity contribution in [1.29, 1.82) is 0 Å². The summed E-state index contributed by atoms with van der Waals surface area (Å²) in [6.07, 6.45) is 18.2. The summed E-state index contributed by atoms with van der Waals surface area (Å²) in [5.41, 5.74) is 0. The van der Waals surface area contributed by atoms with Crippen LogP contribution in [0.15, 0.2) is 0 Å². The monoisotopic (exact) mass is 254 g/mol. The van der Waals surface area contributed by atoms with Crippen molar-refractivity contribution in [3.05, 3.63) is 0 Å². The maximum absolute atomic E-state index is 10.2. The van der Waals surface area contributed by atoms with Gasteiger partial charge in [0, 0.05) is 6.42 Å². The van der Waals surface area contributed by atoms with Crippen molar-refractivity contribution < 1.29 is 4.79 Å². The summed E-state index contributed by atoms with van der Waals surface area (Å²) < 4.78 is 0. The second kappa shape index (κ2) is 14.7. The van der Waals surface area contributed by atoms with Gasteiger partial charge in [-0.1, -0.05) is 84.5 Å². The third kappa shape index (κ3) is 13.7. The van der Waals surface area contributed by atoms with Gasteiger partial charge in [0.2, 0.25) is 0 Å². The first-order chi connectivity index (χ1) is 8.81. The number of unbranched alkanes of at least 4 members (excludes halogenated alkanes) is 9. The van der Waals surface area contributed by atoms with Gasteiger partial charge in [-0.05, 0) is 12.3 Å². The SMILES string of the molecule is CCCCCCCCCCCC(C)CCCC=O. The van der Waals surface area contributed by atoms with Crippen molar-refractivity contribution in [3.63, 3.8) is 0 Å². The van der Waals surface area contributed by atoms with Gasteiger partial charge in [0.15, 0.2) is 0 Å². The molecule has 0 saturated heterocycles. The number of hydrogen-bond donors (Lipinski definition) is 0. The zero-order valence-electron chi connectivity index (χ0n) is 12.8. The fraction of sp³-hybridized carbons (Fsp3) is 0.941. The van der Waals surface area contributed by atoms with Crippen LogP contribution in [0.4, 0.5) is 0 Å². The average molecular weight is 254 g/mol. The van der Waals surface area contributed by atoms with Gasteiger partial charge in [0.1, 0.15) is 6.29 Å². The molecular formula is C17H34O. The van der Waals surface area contributed by atoms with Gasteiger partial charge >= 0.3 is 0 Å². The van der Waals surface area contributed by atoms with Gasteiger partial charge in [-0.25, -0.2) is 0 Å². The Hall–Kier alpha value is -0.330. The summed E-state index contributed by atoms with van der Waals surface area (Å²) in [7, 11) is 0. The van der Waals surface area contributed by atoms with Crippen molar-refractivity contribution >= 4 is 6.29 Å². The van der Waals surface area contributed by atoms with Gasteiger partial charge in [0.25, 0.3) is 0 Å². The van der Waals surface area contributed by atoms with Crippen LogP contribution < -0.4 is 0 Å². The van der Waals surface area contributed by atoms with E-state index in [4.69, 9.17) is 0 Å². The summed E-state index contributed by atoms with van der Waals surface area (Å²) in [4.78, 5) is 10.2. The van der Waals surface area contributed by atoms with E-state index < -0.39 is 0 Å². The highest BCUT2D eigenvalue weighted by Gasteiger charge is 2.01. The number of carbonyl (C=O) groups excluding carboxylic acids is 1. The van der Waals surface area contributed by atoms with E-state index in [1.807, 2.05) is 0 Å². The summed E-state index contributed by atoms with van der Waals surface area (Å²) in [6.45, 7) is 4.60. The Bertz CT molecular complexity index is 165. The Balaban J connectivity index is 3.07. The Kier molecular flexibility index (Phi) is 14.5. The van der Waals surface area contributed by atoms with Crippen LogP contribution in [0, 0.1) is 5.92 Å². The van der Waals surface area contributed by atoms with E-state index in [-0.39, 0.29) is 0 Å². The molecule has 0 aromatic carbocycles. The smallest absolute Gasteiger partial charge is 0.119 e. The van der Waals surface area contributed by atoms with E-state index in [2.05, 4.69) is 13.8 Å². The molecule has 1 nitrogen and oxygen atoms in total. The molecule has 0 N–H and O–H groups in total. The fourth-order valence-electron chi connectivity index (χ4n) is 2.50. The van der Waals surface area contributed by atoms with Crippen molar-refractivity contribution in [1.82, 2.24) is 0 Å². The molecule has 0 fully saturated rings. The lowest BCUT2D eigenvalue weighted by molar-refractivity contribution is -0.107. The molecule has 0 heterocycles. The first-order valence-electron chi connectivity index (χ1n) is 8.24. The quantitative estimate of drug-likeness (QED) is 0.278. The van der Waals surface area contributed by atoms with E-state index in [1.165, 1.54) is 70.6 Å². The molecule has 108 valence electrons. The second-order valence-corrected chi connectivity index (χ2v) is 5.82. The summed E-state index contributed by atoms with van der Waals surface area (Å²) in [5, 5.41) is 0. The molecule has 0 saturated carbocycles. The van der Waals surface area contributed by atoms with Crippen LogP contribution in [-0.2, 0) is 4.79 Å². The largest absolute Gasteiger partial charge is 0.303 e. The van der Waals surface area contributed by atoms with Gasteiger partial charge in [-0.2, -0.15) is 0 Å². The molecule has 0 amide bonds. The fourth-order valence-corrected chi connectivity index (χ4v) is 2.50. The molecule has 18 heavy (non-hydrogen) atoms. The third-order valence-corrected chi connectivity index (χ3v) is 3.82. The molecule has 0 aromatic rings. The second-order valence-electron chi connectivity index (χ2n) is 5.82. The lowest BCUT2D eigenvalue weighted by atomic mass is 9.97. The highest BCUT2D eigenvalue weighted by molar-refractivity contribution is 5.48. The summed E-state index contributed by atoms with van der Waals surface area (Å²) in [6, 6.07) is 0. The van der Waals surface area contributed by atoms with E-state index >= 15 is 0 Å². The minimum atomic E-state index is 0.752. The van der Waals surface area contributed by atoms with Gasteiger partial charge in [-0.15, -0.1) is 0 Å². The van der Waals surface area contributed by atoms with Crippen LogP contribution in [0.25, 0.3) is 0 Å². The average Bonchev–Trinajstić information content (AvgIpc) is 2.37. The molecule has 0 aliphatic heterocycles. The Morgan fingerprint density at radius 3 is 1.83 bits per heavy atom. The first-order valence-corrected chi connectivity index (χ1v) is 8.24. The van der Waals surface area contributed by atoms with E-state index in [1.54, 1.807) is 0 Å². The molecule has 1 atom stereocenters. The molecule has 0 aromatic heterocycles. The standard InChI is InChI=1S/C17H34O/c1-3-4-5-6-7-8-9-10-11-14-17(2)15-12-13-16-18/h16-17H,3-15H2,1-2H3. The van der Waals surface area contributed by atoms with Crippen LogP contribution in [0.3, 0.4) is 0 Å². The molecule has 1 heteroatoms. The van der Waals surface area contributed by atoms with Crippen molar-refractivity contribution in [2.75, 3.05) is 0 Å². The minimum Gasteiger partial charge on any atom is -0.303 e. The summed E-state index contributed by atoms with van der Waals surface area (Å²) >= 11 is 0. The predicted octanol–water partition coefficient (Wildman–Crippen LogP) is 5.91. The van der Waals surface area contributed by atoms with Crippen LogP contribution in [0.5, 0.6) is 0 Å². The molecule has 0 radical (unpaired) electrons. The van der Waals surface area contributed by atoms with E-state index in [0.717, 1.165) is 25.0 Å². The van der Waals surface area contributed by atoms with Gasteiger partial charge in [-0.3, -0.25) is 0 Å². The zero-order valence-corrected chi connectivity index (χ0v) is 12.8. The Labute approximate surface area is 115 Å². The van der Waals surface area contributed by atoms with Gasteiger partial charge in [0.05, 0.1) is 0 Å². The maximum Gasteiger partial charge on any atom is 0.119 e. The zero-order chi connectivity index (χ0) is 13.5. The molecule has 0 bridgehead atoms. The van der Waals surface area contributed by atoms with Crippen molar-refractivity contribution in [3.8, 4) is 0 Å². The topological polar surface area (TPSA) is 17.1 Å².